The topological polar surface area (TPSA) is 21.3 Å². The maximum Gasteiger partial charge on any atom is 0.137 e. The van der Waals surface area contributed by atoms with Crippen LogP contribution < -0.4 is 4.90 Å². The third-order valence-corrected chi connectivity index (χ3v) is 10.1. The highest BCUT2D eigenvalue weighted by Gasteiger charge is 2.17. The Balaban J connectivity index is 1.08. The Hall–Kier alpha value is -6.58. The van der Waals surface area contributed by atoms with Crippen molar-refractivity contribution in [3.8, 4) is 16.8 Å². The molecule has 0 spiro atoms. The first-order valence-electron chi connectivity index (χ1n) is 18.0. The molecule has 3 nitrogen and oxygen atoms in total. The lowest BCUT2D eigenvalue weighted by molar-refractivity contribution is 0.669. The van der Waals surface area contributed by atoms with E-state index in [0.717, 1.165) is 51.1 Å². The van der Waals surface area contributed by atoms with Crippen molar-refractivity contribution in [1.29, 1.82) is 0 Å². The quantitative estimate of drug-likeness (QED) is 0.150. The summed E-state index contributed by atoms with van der Waals surface area (Å²) in [6.07, 6.45) is 7.59. The Morgan fingerprint density at radius 1 is 0.558 bits per heavy atom. The smallest absolute Gasteiger partial charge is 0.137 e. The predicted molar refractivity (Wildman–Crippen MR) is 221 cm³/mol. The summed E-state index contributed by atoms with van der Waals surface area (Å²) in [5, 5.41) is 4.79. The molecule has 0 N–H and O–H groups in total. The standard InChI is InChI=1S/C49H38N2O/c1-3-5-12-34(4-2)35-19-25-38(26-20-35)50(41-31-32-45-44-15-8-11-18-48(44)52-49(45)33-41)39-27-21-36(22-28-39)37-23-29-40(30-24-37)51-46-16-9-6-13-42(46)43-14-7-10-17-47(43)51/h4-33H,3H2,1-2H3/b12-5-,34-4+. The Morgan fingerprint density at radius 3 is 1.73 bits per heavy atom. The summed E-state index contributed by atoms with van der Waals surface area (Å²) < 4.78 is 8.69. The van der Waals surface area contributed by atoms with Crippen molar-refractivity contribution >= 4 is 66.4 Å². The van der Waals surface area contributed by atoms with Gasteiger partial charge in [-0.3, -0.25) is 0 Å². The van der Waals surface area contributed by atoms with Gasteiger partial charge in [-0.05, 0) is 102 Å². The number of hydrogen-bond acceptors (Lipinski definition) is 2. The maximum absolute atomic E-state index is 6.33. The zero-order chi connectivity index (χ0) is 35.0. The van der Waals surface area contributed by atoms with Crippen molar-refractivity contribution in [1.82, 2.24) is 4.57 Å². The second-order valence-corrected chi connectivity index (χ2v) is 13.2. The zero-order valence-electron chi connectivity index (χ0n) is 29.3. The average Bonchev–Trinajstić information content (AvgIpc) is 3.75. The van der Waals surface area contributed by atoms with Crippen LogP contribution in [0.3, 0.4) is 0 Å². The van der Waals surface area contributed by atoms with E-state index in [2.05, 4.69) is 193 Å². The summed E-state index contributed by atoms with van der Waals surface area (Å²) in [6, 6.07) is 58.7. The zero-order valence-corrected chi connectivity index (χ0v) is 29.3. The second-order valence-electron chi connectivity index (χ2n) is 13.2. The van der Waals surface area contributed by atoms with E-state index in [-0.39, 0.29) is 0 Å². The van der Waals surface area contributed by atoms with Crippen molar-refractivity contribution in [2.75, 3.05) is 4.90 Å². The molecule has 0 fully saturated rings. The number of furan rings is 1. The van der Waals surface area contributed by atoms with Crippen molar-refractivity contribution in [2.24, 2.45) is 0 Å². The summed E-state index contributed by atoms with van der Waals surface area (Å²) in [4.78, 5) is 2.31. The molecule has 0 aliphatic rings. The van der Waals surface area contributed by atoms with Crippen LogP contribution in [0.5, 0.6) is 0 Å². The fourth-order valence-electron chi connectivity index (χ4n) is 7.51. The van der Waals surface area contributed by atoms with Gasteiger partial charge in [0.15, 0.2) is 0 Å². The molecule has 9 rings (SSSR count). The van der Waals surface area contributed by atoms with Crippen LogP contribution in [0.4, 0.5) is 17.1 Å². The Morgan fingerprint density at radius 2 is 1.10 bits per heavy atom. The summed E-state index contributed by atoms with van der Waals surface area (Å²) in [5.41, 5.74) is 13.3. The van der Waals surface area contributed by atoms with E-state index >= 15 is 0 Å². The Kier molecular flexibility index (Phi) is 8.02. The molecule has 0 saturated carbocycles. The number of anilines is 3. The van der Waals surface area contributed by atoms with E-state index in [1.807, 2.05) is 12.1 Å². The van der Waals surface area contributed by atoms with Crippen LogP contribution >= 0.6 is 0 Å². The van der Waals surface area contributed by atoms with Crippen molar-refractivity contribution in [2.45, 2.75) is 20.3 Å². The summed E-state index contributed by atoms with van der Waals surface area (Å²) >= 11 is 0. The molecular formula is C49H38N2O. The van der Waals surface area contributed by atoms with E-state index < -0.39 is 0 Å². The first kappa shape index (κ1) is 31.4. The molecule has 0 aliphatic carbocycles. The third kappa shape index (κ3) is 5.48. The van der Waals surface area contributed by atoms with E-state index in [1.165, 1.54) is 44.1 Å². The number of benzene rings is 7. The van der Waals surface area contributed by atoms with E-state index in [9.17, 15) is 0 Å². The summed E-state index contributed by atoms with van der Waals surface area (Å²) in [5.74, 6) is 0. The second kappa shape index (κ2) is 13.3. The van der Waals surface area contributed by atoms with Gasteiger partial charge in [-0.15, -0.1) is 0 Å². The van der Waals surface area contributed by atoms with Gasteiger partial charge in [-0.2, -0.15) is 0 Å². The lowest BCUT2D eigenvalue weighted by Crippen LogP contribution is -2.09. The summed E-state index contributed by atoms with van der Waals surface area (Å²) in [7, 11) is 0. The van der Waals surface area contributed by atoms with Gasteiger partial charge in [-0.25, -0.2) is 0 Å². The molecule has 52 heavy (non-hydrogen) atoms. The van der Waals surface area contributed by atoms with E-state index in [0.29, 0.717) is 0 Å². The molecule has 2 aromatic heterocycles. The van der Waals surface area contributed by atoms with Gasteiger partial charge in [0.05, 0.1) is 11.0 Å². The normalized spacial score (nSPS) is 12.2. The van der Waals surface area contributed by atoms with Gasteiger partial charge < -0.3 is 13.9 Å². The Bertz CT molecular complexity index is 2710. The maximum atomic E-state index is 6.33. The molecule has 0 amide bonds. The number of para-hydroxylation sites is 3. The first-order chi connectivity index (χ1) is 25.7. The van der Waals surface area contributed by atoms with Crippen LogP contribution in [0.25, 0.3) is 66.1 Å². The highest BCUT2D eigenvalue weighted by molar-refractivity contribution is 6.09. The van der Waals surface area contributed by atoms with Crippen LogP contribution in [-0.2, 0) is 0 Å². The van der Waals surface area contributed by atoms with E-state index in [1.54, 1.807) is 0 Å². The molecule has 0 aliphatic heterocycles. The fraction of sp³-hybridized carbons (Fsp3) is 0.0612. The molecule has 9 aromatic rings. The number of aromatic nitrogens is 1. The van der Waals surface area contributed by atoms with E-state index in [4.69, 9.17) is 4.42 Å². The van der Waals surface area contributed by atoms with Crippen molar-refractivity contribution in [3.63, 3.8) is 0 Å². The van der Waals surface area contributed by atoms with Crippen LogP contribution in [0.2, 0.25) is 0 Å². The molecule has 0 unspecified atom stereocenters. The van der Waals surface area contributed by atoms with Gasteiger partial charge in [0.25, 0.3) is 0 Å². The van der Waals surface area contributed by atoms with Crippen LogP contribution in [0.15, 0.2) is 186 Å². The minimum Gasteiger partial charge on any atom is -0.456 e. The van der Waals surface area contributed by atoms with Gasteiger partial charge >= 0.3 is 0 Å². The minimum atomic E-state index is 0.876. The fourth-order valence-corrected chi connectivity index (χ4v) is 7.51. The average molecular weight is 671 g/mol. The minimum absolute atomic E-state index is 0.876. The predicted octanol–water partition coefficient (Wildman–Crippen LogP) is 14.2. The van der Waals surface area contributed by atoms with Crippen molar-refractivity contribution in [3.05, 3.63) is 188 Å². The molecule has 3 heteroatoms. The molecular weight excluding hydrogens is 633 g/mol. The van der Waals surface area contributed by atoms with Crippen LogP contribution in [-0.4, -0.2) is 4.57 Å². The molecule has 0 bridgehead atoms. The van der Waals surface area contributed by atoms with Gasteiger partial charge in [0, 0.05) is 50.4 Å². The number of hydrogen-bond donors (Lipinski definition) is 0. The molecule has 0 saturated heterocycles. The third-order valence-electron chi connectivity index (χ3n) is 10.1. The van der Waals surface area contributed by atoms with Crippen LogP contribution in [0, 0.1) is 0 Å². The lowest BCUT2D eigenvalue weighted by Gasteiger charge is -2.26. The number of allylic oxidation sites excluding steroid dienone is 4. The van der Waals surface area contributed by atoms with Crippen molar-refractivity contribution < 1.29 is 4.42 Å². The molecule has 2 heterocycles. The highest BCUT2D eigenvalue weighted by atomic mass is 16.3. The Labute approximate surface area is 304 Å². The molecule has 0 atom stereocenters. The first-order valence-corrected chi connectivity index (χ1v) is 18.0. The van der Waals surface area contributed by atoms with Gasteiger partial charge in [0.2, 0.25) is 0 Å². The number of fused-ring (bicyclic) bond motifs is 6. The van der Waals surface area contributed by atoms with Crippen LogP contribution in [0.1, 0.15) is 25.8 Å². The number of rotatable bonds is 8. The van der Waals surface area contributed by atoms with Gasteiger partial charge in [-0.1, -0.05) is 116 Å². The highest BCUT2D eigenvalue weighted by Crippen LogP contribution is 2.40. The number of nitrogens with zero attached hydrogens (tertiary/aromatic N) is 2. The SMILES string of the molecule is C/C=C(\C=C/CC)c1ccc(N(c2ccc(-c3ccc(-n4c5ccccc5c5ccccc54)cc3)cc2)c2ccc3c(c2)oc2ccccc23)cc1. The largest absolute Gasteiger partial charge is 0.456 e. The van der Waals surface area contributed by atoms with Gasteiger partial charge in [0.1, 0.15) is 11.2 Å². The molecule has 7 aromatic carbocycles. The lowest BCUT2D eigenvalue weighted by atomic mass is 10.0. The monoisotopic (exact) mass is 670 g/mol. The molecule has 250 valence electrons. The summed E-state index contributed by atoms with van der Waals surface area (Å²) in [6.45, 7) is 4.26. The molecule has 0 radical (unpaired) electrons.